The summed E-state index contributed by atoms with van der Waals surface area (Å²) in [7, 11) is 7.47. The molecule has 0 bridgehead atoms. The van der Waals surface area contributed by atoms with Gasteiger partial charge in [-0.05, 0) is 118 Å². The lowest BCUT2D eigenvalue weighted by molar-refractivity contribution is -0.134. The molecule has 3 N–H and O–H groups in total. The van der Waals surface area contributed by atoms with Crippen molar-refractivity contribution in [2.24, 2.45) is 0 Å². The zero-order chi connectivity index (χ0) is 44.9. The Bertz CT molecular complexity index is 2540. The van der Waals surface area contributed by atoms with Gasteiger partial charge in [-0.25, -0.2) is 13.2 Å². The highest BCUT2D eigenvalue weighted by molar-refractivity contribution is 6.03. The van der Waals surface area contributed by atoms with Gasteiger partial charge in [0.05, 0.1) is 29.7 Å². The van der Waals surface area contributed by atoms with E-state index in [1.54, 1.807) is 59.2 Å². The minimum absolute atomic E-state index is 0.0736. The predicted molar refractivity (Wildman–Crippen MR) is 236 cm³/mol. The smallest absolute Gasteiger partial charge is 0.249 e. The summed E-state index contributed by atoms with van der Waals surface area (Å²) in [6, 6.07) is 10.8. The fourth-order valence-corrected chi connectivity index (χ4v) is 8.57. The highest BCUT2D eigenvalue weighted by atomic mass is 19.1. The summed E-state index contributed by atoms with van der Waals surface area (Å²) in [5, 5.41) is 9.90. The molecule has 8 rings (SSSR count). The first kappa shape index (κ1) is 44.6. The average Bonchev–Trinajstić information content (AvgIpc) is 3.97. The third kappa shape index (κ3) is 9.80. The van der Waals surface area contributed by atoms with E-state index in [4.69, 9.17) is 4.74 Å². The molecule has 5 heterocycles. The lowest BCUT2D eigenvalue weighted by Gasteiger charge is -2.35. The number of carbonyl (C=O) groups excluding carboxylic acids is 4. The topological polar surface area (TPSA) is 145 Å². The van der Waals surface area contributed by atoms with Gasteiger partial charge in [-0.2, -0.15) is 5.10 Å². The highest BCUT2D eigenvalue weighted by Gasteiger charge is 2.31. The summed E-state index contributed by atoms with van der Waals surface area (Å²) in [5.74, 6) is -2.13. The van der Waals surface area contributed by atoms with Gasteiger partial charge in [-0.1, -0.05) is 12.1 Å². The zero-order valence-corrected chi connectivity index (χ0v) is 36.2. The van der Waals surface area contributed by atoms with Crippen LogP contribution in [0.25, 0.3) is 27.6 Å². The third-order valence-corrected chi connectivity index (χ3v) is 11.8. The fourth-order valence-electron chi connectivity index (χ4n) is 8.57. The summed E-state index contributed by atoms with van der Waals surface area (Å²) in [6.07, 6.45) is 8.29. The summed E-state index contributed by atoms with van der Waals surface area (Å²) in [5.41, 5.74) is 3.80. The van der Waals surface area contributed by atoms with Crippen LogP contribution in [0.3, 0.4) is 0 Å². The van der Waals surface area contributed by atoms with E-state index in [0.717, 1.165) is 0 Å². The molecule has 3 amide bonds. The number of halogens is 3. The van der Waals surface area contributed by atoms with Crippen LogP contribution in [0.5, 0.6) is 5.75 Å². The third-order valence-electron chi connectivity index (χ3n) is 11.8. The molecule has 0 radical (unpaired) electrons. The lowest BCUT2D eigenvalue weighted by atomic mass is 9.88. The van der Waals surface area contributed by atoms with Gasteiger partial charge < -0.3 is 29.7 Å². The van der Waals surface area contributed by atoms with Gasteiger partial charge in [0.25, 0.3) is 0 Å². The number of nitrogens with zero attached hydrogens (tertiary/aromatic N) is 5. The predicted octanol–water partition coefficient (Wildman–Crippen LogP) is 7.06. The Morgan fingerprint density at radius 3 is 2.44 bits per heavy atom. The number of fused-ring (bicyclic) bond motifs is 1. The largest absolute Gasteiger partial charge is 0.495 e. The van der Waals surface area contributed by atoms with Crippen LogP contribution in [0.15, 0.2) is 60.9 Å². The Hall–Kier alpha value is -6.42. The van der Waals surface area contributed by atoms with E-state index in [-0.39, 0.29) is 60.3 Å². The van der Waals surface area contributed by atoms with Crippen molar-refractivity contribution in [3.8, 4) is 16.9 Å². The standard InChI is InChI=1S/C44H44F3N7O5.C3H9N/c1-25-29(32-20-31(42(47)43-33(32)19-28(24-55)49-43)27-5-3-14-53(23-27)40(57)12-18-54-15-4-13-48-54)6-8-37(41(25)46)52-16-10-26(11-17-52)30-21-38(59-2)36(22-34(30)45)50-35-7-9-39(56)51-44(35)58;1-4(2)3/h4-6,8,13,15,19-22,24,26,35,49-50H,3,7,9-12,14,16-18,23H2,1-2H3,(H,51,56,58);1-3H3. The molecule has 0 spiro atoms. The first-order chi connectivity index (χ1) is 30.3. The zero-order valence-electron chi connectivity index (χ0n) is 36.2. The number of aldehydes is 1. The summed E-state index contributed by atoms with van der Waals surface area (Å²) >= 11 is 0. The van der Waals surface area contributed by atoms with Crippen LogP contribution in [-0.4, -0.2) is 109 Å². The highest BCUT2D eigenvalue weighted by Crippen LogP contribution is 2.42. The number of benzene rings is 3. The van der Waals surface area contributed by atoms with Crippen molar-refractivity contribution >= 4 is 51.9 Å². The maximum atomic E-state index is 16.5. The van der Waals surface area contributed by atoms with Crippen LogP contribution in [0.4, 0.5) is 24.5 Å². The molecule has 63 heavy (non-hydrogen) atoms. The number of nitrogens with one attached hydrogen (secondary N) is 3. The molecule has 16 heteroatoms. The average molecular weight is 867 g/mol. The first-order valence-electron chi connectivity index (χ1n) is 21.1. The quantitative estimate of drug-likeness (QED) is 0.0939. The number of ether oxygens (including phenoxy) is 1. The molecule has 2 fully saturated rings. The van der Waals surface area contributed by atoms with Gasteiger partial charge in [-0.15, -0.1) is 0 Å². The number of aryl methyl sites for hydroxylation is 1. The van der Waals surface area contributed by atoms with Crippen LogP contribution >= 0.6 is 0 Å². The van der Waals surface area contributed by atoms with E-state index in [0.29, 0.717) is 102 Å². The van der Waals surface area contributed by atoms with E-state index >= 15 is 13.2 Å². The number of hydrogen-bond acceptors (Lipinski definition) is 9. The molecule has 1 atom stereocenters. The molecule has 5 aromatic rings. The van der Waals surface area contributed by atoms with Gasteiger partial charge >= 0.3 is 0 Å². The van der Waals surface area contributed by atoms with E-state index in [2.05, 4.69) is 20.7 Å². The van der Waals surface area contributed by atoms with Crippen molar-refractivity contribution in [3.63, 3.8) is 0 Å². The molecule has 3 aromatic carbocycles. The van der Waals surface area contributed by atoms with Gasteiger partial charge in [0, 0.05) is 75.0 Å². The number of rotatable bonds is 11. The number of H-pyrrole nitrogens is 1. The van der Waals surface area contributed by atoms with E-state index in [1.807, 2.05) is 43.1 Å². The first-order valence-corrected chi connectivity index (χ1v) is 21.1. The Morgan fingerprint density at radius 2 is 1.76 bits per heavy atom. The van der Waals surface area contributed by atoms with E-state index in [9.17, 15) is 19.2 Å². The van der Waals surface area contributed by atoms with Gasteiger partial charge in [0.2, 0.25) is 17.7 Å². The van der Waals surface area contributed by atoms with E-state index < -0.39 is 29.4 Å². The normalized spacial score (nSPS) is 17.0. The van der Waals surface area contributed by atoms with Crippen LogP contribution in [-0.2, 0) is 20.9 Å². The number of piperidine rings is 2. The second-order valence-corrected chi connectivity index (χ2v) is 16.7. The van der Waals surface area contributed by atoms with Crippen molar-refractivity contribution < 1.29 is 37.1 Å². The fraction of sp³-hybridized carbons (Fsp3) is 0.383. The van der Waals surface area contributed by atoms with Crippen LogP contribution < -0.4 is 20.3 Å². The number of aromatic nitrogens is 3. The second-order valence-electron chi connectivity index (χ2n) is 16.7. The number of amides is 3. The molecule has 2 saturated heterocycles. The van der Waals surface area contributed by atoms with Crippen LogP contribution in [0.1, 0.15) is 71.6 Å². The van der Waals surface area contributed by atoms with Crippen molar-refractivity contribution in [2.75, 3.05) is 64.6 Å². The molecule has 0 saturated carbocycles. The molecule has 2 aromatic heterocycles. The molecule has 13 nitrogen and oxygen atoms in total. The number of carbonyl (C=O) groups is 4. The molecule has 3 aliphatic heterocycles. The van der Waals surface area contributed by atoms with Crippen molar-refractivity contribution in [3.05, 3.63) is 101 Å². The number of hydrogen-bond donors (Lipinski definition) is 3. The molecule has 0 aliphatic carbocycles. The minimum Gasteiger partial charge on any atom is -0.495 e. The van der Waals surface area contributed by atoms with E-state index in [1.165, 1.54) is 13.2 Å². The molecular formula is C47H53F3N8O5. The Morgan fingerprint density at radius 1 is 1.00 bits per heavy atom. The van der Waals surface area contributed by atoms with Gasteiger partial charge in [-0.3, -0.25) is 29.2 Å². The number of aromatic amines is 1. The summed E-state index contributed by atoms with van der Waals surface area (Å²) in [6.45, 7) is 3.71. The SMILES string of the molecule is CN(C)C.COc1cc(C2CCN(c3ccc(-c4cc(C5=CCCN(C(=O)CCn6cccn6)C5)c(F)c5[nH]c(C=O)cc45)c(C)c3F)CC2)c(F)cc1NC1CCC(=O)NC1=O. The van der Waals surface area contributed by atoms with Crippen LogP contribution in [0, 0.1) is 24.4 Å². The number of imide groups is 1. The summed E-state index contributed by atoms with van der Waals surface area (Å²) in [4.78, 5) is 57.5. The Kier molecular flexibility index (Phi) is 13.7. The maximum absolute atomic E-state index is 16.5. The number of anilines is 2. The molecule has 3 aliphatic rings. The van der Waals surface area contributed by atoms with Gasteiger partial charge in [0.1, 0.15) is 23.4 Å². The van der Waals surface area contributed by atoms with Crippen LogP contribution in [0.2, 0.25) is 0 Å². The molecule has 332 valence electrons. The summed E-state index contributed by atoms with van der Waals surface area (Å²) < 4.78 is 55.8. The van der Waals surface area contributed by atoms with Crippen molar-refractivity contribution in [1.82, 2.24) is 29.9 Å². The molecule has 1 unspecified atom stereocenters. The second kappa shape index (κ2) is 19.3. The molecular weight excluding hydrogens is 814 g/mol. The van der Waals surface area contributed by atoms with Crippen molar-refractivity contribution in [1.29, 1.82) is 0 Å². The lowest BCUT2D eigenvalue weighted by Crippen LogP contribution is -2.47. The van der Waals surface area contributed by atoms with Crippen molar-refractivity contribution in [2.45, 2.75) is 64.0 Å². The Labute approximate surface area is 364 Å². The minimum atomic E-state index is -0.700. The maximum Gasteiger partial charge on any atom is 0.249 e. The van der Waals surface area contributed by atoms with Gasteiger partial charge in [0.15, 0.2) is 12.1 Å². The number of methoxy groups -OCH3 is 1. The monoisotopic (exact) mass is 866 g/mol. The Balaban J connectivity index is 0.00000143.